The predicted molar refractivity (Wildman–Crippen MR) is 69.8 cm³/mol. The number of rotatable bonds is 7. The molecule has 1 aliphatic carbocycles. The highest BCUT2D eigenvalue weighted by Crippen LogP contribution is 2.29. The molecule has 1 aliphatic rings. The second-order valence-electron chi connectivity index (χ2n) is 5.78. The molecule has 0 amide bonds. The van der Waals surface area contributed by atoms with Crippen LogP contribution in [-0.4, -0.2) is 17.1 Å². The van der Waals surface area contributed by atoms with Crippen LogP contribution in [0.2, 0.25) is 0 Å². The second kappa shape index (κ2) is 7.70. The van der Waals surface area contributed by atoms with Gasteiger partial charge in [-0.1, -0.05) is 51.9 Å². The number of carboxylic acids is 1. The van der Waals surface area contributed by atoms with Crippen LogP contribution >= 0.6 is 0 Å². The summed E-state index contributed by atoms with van der Waals surface area (Å²) in [5, 5.41) is 8.65. The van der Waals surface area contributed by atoms with Crippen LogP contribution in [0.3, 0.4) is 0 Å². The molecule has 3 heteroatoms. The standard InChI is InChI=1S/C14H27NO2/c1-11(9-13(15)10-14(16)17)7-8-12-5-3-2-4-6-12/h11-13H,2-10,15H2,1H3,(H,16,17)/t11-,13-/m1/s1. The average molecular weight is 241 g/mol. The van der Waals surface area contributed by atoms with Gasteiger partial charge in [-0.05, 0) is 18.3 Å². The molecule has 3 N–H and O–H groups in total. The van der Waals surface area contributed by atoms with E-state index in [9.17, 15) is 4.79 Å². The van der Waals surface area contributed by atoms with Crippen molar-refractivity contribution >= 4 is 5.97 Å². The minimum Gasteiger partial charge on any atom is -0.481 e. The molecular weight excluding hydrogens is 214 g/mol. The smallest absolute Gasteiger partial charge is 0.304 e. The third-order valence-electron chi connectivity index (χ3n) is 3.93. The van der Waals surface area contributed by atoms with Crippen LogP contribution in [0.5, 0.6) is 0 Å². The normalized spacial score (nSPS) is 21.1. The van der Waals surface area contributed by atoms with E-state index in [-0.39, 0.29) is 12.5 Å². The minimum absolute atomic E-state index is 0.105. The van der Waals surface area contributed by atoms with Crippen LogP contribution in [0.1, 0.15) is 64.7 Å². The number of hydrogen-bond donors (Lipinski definition) is 2. The lowest BCUT2D eigenvalue weighted by molar-refractivity contribution is -0.137. The van der Waals surface area contributed by atoms with Crippen molar-refractivity contribution in [2.24, 2.45) is 17.6 Å². The maximum absolute atomic E-state index is 10.5. The van der Waals surface area contributed by atoms with Crippen molar-refractivity contribution in [2.45, 2.75) is 70.8 Å². The van der Waals surface area contributed by atoms with Gasteiger partial charge in [-0.15, -0.1) is 0 Å². The van der Waals surface area contributed by atoms with Gasteiger partial charge in [-0.25, -0.2) is 0 Å². The predicted octanol–water partition coefficient (Wildman–Crippen LogP) is 3.18. The highest BCUT2D eigenvalue weighted by atomic mass is 16.4. The van der Waals surface area contributed by atoms with Crippen molar-refractivity contribution in [3.63, 3.8) is 0 Å². The van der Waals surface area contributed by atoms with Gasteiger partial charge in [0, 0.05) is 6.04 Å². The molecule has 0 spiro atoms. The Balaban J connectivity index is 2.11. The molecule has 0 aliphatic heterocycles. The summed E-state index contributed by atoms with van der Waals surface area (Å²) in [6, 6.07) is -0.172. The SMILES string of the molecule is C[C@H](CCC1CCCCC1)C[C@@H](N)CC(=O)O. The zero-order chi connectivity index (χ0) is 12.7. The Labute approximate surface area is 105 Å². The maximum atomic E-state index is 10.5. The summed E-state index contributed by atoms with van der Waals surface area (Å²) in [6.45, 7) is 2.20. The molecule has 0 unspecified atom stereocenters. The summed E-state index contributed by atoms with van der Waals surface area (Å²) in [5.41, 5.74) is 5.80. The molecule has 0 bridgehead atoms. The summed E-state index contributed by atoms with van der Waals surface area (Å²) >= 11 is 0. The molecule has 0 saturated heterocycles. The van der Waals surface area contributed by atoms with Gasteiger partial charge in [-0.2, -0.15) is 0 Å². The van der Waals surface area contributed by atoms with Gasteiger partial charge in [-0.3, -0.25) is 4.79 Å². The molecule has 2 atom stereocenters. The van der Waals surface area contributed by atoms with E-state index in [2.05, 4.69) is 6.92 Å². The molecule has 0 radical (unpaired) electrons. The third kappa shape index (κ3) is 6.67. The van der Waals surface area contributed by atoms with Crippen molar-refractivity contribution in [1.82, 2.24) is 0 Å². The Morgan fingerprint density at radius 3 is 2.59 bits per heavy atom. The van der Waals surface area contributed by atoms with Crippen LogP contribution < -0.4 is 5.73 Å². The Hall–Kier alpha value is -0.570. The van der Waals surface area contributed by atoms with Crippen LogP contribution in [0.4, 0.5) is 0 Å². The molecule has 1 saturated carbocycles. The average Bonchev–Trinajstić information content (AvgIpc) is 2.26. The zero-order valence-corrected chi connectivity index (χ0v) is 11.0. The molecule has 17 heavy (non-hydrogen) atoms. The molecule has 3 nitrogen and oxygen atoms in total. The first-order valence-electron chi connectivity index (χ1n) is 7.05. The third-order valence-corrected chi connectivity index (χ3v) is 3.93. The molecule has 1 fully saturated rings. The number of carboxylic acid groups (broad SMARTS) is 1. The number of hydrogen-bond acceptors (Lipinski definition) is 2. The Kier molecular flexibility index (Phi) is 6.56. The largest absolute Gasteiger partial charge is 0.481 e. The van der Waals surface area contributed by atoms with E-state index in [1.54, 1.807) is 0 Å². The Bertz CT molecular complexity index is 224. The number of aliphatic carboxylic acids is 1. The topological polar surface area (TPSA) is 63.3 Å². The highest BCUT2D eigenvalue weighted by molar-refractivity contribution is 5.67. The lowest BCUT2D eigenvalue weighted by atomic mass is 9.83. The first kappa shape index (κ1) is 14.5. The van der Waals surface area contributed by atoms with Crippen LogP contribution in [0.25, 0.3) is 0 Å². The molecule has 0 aromatic heterocycles. The van der Waals surface area contributed by atoms with E-state index in [1.165, 1.54) is 44.9 Å². The lowest BCUT2D eigenvalue weighted by Gasteiger charge is -2.23. The van der Waals surface area contributed by atoms with Gasteiger partial charge in [0.1, 0.15) is 0 Å². The highest BCUT2D eigenvalue weighted by Gasteiger charge is 2.16. The molecule has 0 aromatic rings. The first-order valence-corrected chi connectivity index (χ1v) is 7.05. The molecule has 0 aromatic carbocycles. The summed E-state index contributed by atoms with van der Waals surface area (Å²) in [4.78, 5) is 10.5. The fourth-order valence-electron chi connectivity index (χ4n) is 2.94. The summed E-state index contributed by atoms with van der Waals surface area (Å²) < 4.78 is 0. The Morgan fingerprint density at radius 2 is 2.00 bits per heavy atom. The zero-order valence-electron chi connectivity index (χ0n) is 11.0. The molecule has 0 heterocycles. The molecule has 1 rings (SSSR count). The van der Waals surface area contributed by atoms with E-state index in [4.69, 9.17) is 10.8 Å². The first-order chi connectivity index (χ1) is 8.08. The van der Waals surface area contributed by atoms with Crippen molar-refractivity contribution in [3.05, 3.63) is 0 Å². The fourth-order valence-corrected chi connectivity index (χ4v) is 2.94. The fraction of sp³-hybridized carbons (Fsp3) is 0.929. The number of nitrogens with two attached hydrogens (primary N) is 1. The van der Waals surface area contributed by atoms with E-state index in [0.29, 0.717) is 5.92 Å². The second-order valence-corrected chi connectivity index (χ2v) is 5.78. The quantitative estimate of drug-likeness (QED) is 0.719. The summed E-state index contributed by atoms with van der Waals surface area (Å²) in [6.07, 6.45) is 10.5. The van der Waals surface area contributed by atoms with Gasteiger partial charge < -0.3 is 10.8 Å². The lowest BCUT2D eigenvalue weighted by Crippen LogP contribution is -2.26. The van der Waals surface area contributed by atoms with Crippen LogP contribution in [-0.2, 0) is 4.79 Å². The van der Waals surface area contributed by atoms with E-state index >= 15 is 0 Å². The van der Waals surface area contributed by atoms with Crippen molar-refractivity contribution in [3.8, 4) is 0 Å². The van der Waals surface area contributed by atoms with Gasteiger partial charge in [0.25, 0.3) is 0 Å². The van der Waals surface area contributed by atoms with Gasteiger partial charge in [0.2, 0.25) is 0 Å². The van der Waals surface area contributed by atoms with Crippen molar-refractivity contribution in [1.29, 1.82) is 0 Å². The van der Waals surface area contributed by atoms with E-state index in [1.807, 2.05) is 0 Å². The van der Waals surface area contributed by atoms with Crippen molar-refractivity contribution < 1.29 is 9.90 Å². The monoisotopic (exact) mass is 241 g/mol. The minimum atomic E-state index is -0.781. The molecular formula is C14H27NO2. The maximum Gasteiger partial charge on any atom is 0.304 e. The van der Waals surface area contributed by atoms with Gasteiger partial charge in [0.05, 0.1) is 6.42 Å². The van der Waals surface area contributed by atoms with Crippen LogP contribution in [0.15, 0.2) is 0 Å². The summed E-state index contributed by atoms with van der Waals surface area (Å²) in [7, 11) is 0. The van der Waals surface area contributed by atoms with Crippen LogP contribution in [0, 0.1) is 11.8 Å². The van der Waals surface area contributed by atoms with Crippen molar-refractivity contribution in [2.75, 3.05) is 0 Å². The molecule has 100 valence electrons. The van der Waals surface area contributed by atoms with E-state index in [0.717, 1.165) is 12.3 Å². The summed E-state index contributed by atoms with van der Waals surface area (Å²) in [5.74, 6) is 0.699. The Morgan fingerprint density at radius 1 is 1.35 bits per heavy atom. The van der Waals surface area contributed by atoms with Gasteiger partial charge >= 0.3 is 5.97 Å². The number of carbonyl (C=O) groups is 1. The van der Waals surface area contributed by atoms with E-state index < -0.39 is 5.97 Å². The van der Waals surface area contributed by atoms with Gasteiger partial charge in [0.15, 0.2) is 0 Å².